The fourth-order valence-electron chi connectivity index (χ4n) is 3.19. The third kappa shape index (κ3) is 3.30. The van der Waals surface area contributed by atoms with Crippen LogP contribution in [-0.4, -0.2) is 30.1 Å². The van der Waals surface area contributed by atoms with Crippen molar-refractivity contribution in [2.45, 2.75) is 19.0 Å². The van der Waals surface area contributed by atoms with Gasteiger partial charge in [-0.2, -0.15) is 5.06 Å². The second-order valence-corrected chi connectivity index (χ2v) is 8.03. The molecule has 2 saturated heterocycles. The highest BCUT2D eigenvalue weighted by Gasteiger charge is 2.50. The molecule has 1 N–H and O–H groups in total. The third-order valence-corrected chi connectivity index (χ3v) is 5.58. The molecule has 4 rings (SSSR count). The van der Waals surface area contributed by atoms with Crippen molar-refractivity contribution in [1.29, 1.82) is 0 Å². The monoisotopic (exact) mass is 397 g/mol. The molecule has 0 aliphatic carbocycles. The molecule has 2 aromatic rings. The van der Waals surface area contributed by atoms with Gasteiger partial charge in [0.2, 0.25) is 0 Å². The Morgan fingerprint density at radius 1 is 1.19 bits per heavy atom. The van der Waals surface area contributed by atoms with Gasteiger partial charge in [-0.3, -0.25) is 0 Å². The van der Waals surface area contributed by atoms with Crippen LogP contribution in [-0.2, 0) is 4.74 Å². The van der Waals surface area contributed by atoms with Crippen LogP contribution in [0.3, 0.4) is 0 Å². The van der Waals surface area contributed by atoms with Crippen molar-refractivity contribution in [3.05, 3.63) is 63.4 Å². The first-order valence-electron chi connectivity index (χ1n) is 8.30. The maximum Gasteiger partial charge on any atom is 0.131 e. The number of hydrogen-bond donors (Lipinski definition) is 1. The number of rotatable bonds is 5. The summed E-state index contributed by atoms with van der Waals surface area (Å²) < 4.78 is 25.4. The predicted molar refractivity (Wildman–Crippen MR) is 96.4 cm³/mol. The van der Waals surface area contributed by atoms with Crippen LogP contribution in [0, 0.1) is 11.2 Å². The lowest BCUT2D eigenvalue weighted by Gasteiger charge is -2.37. The molecule has 2 heterocycles. The number of benzene rings is 2. The van der Waals surface area contributed by atoms with Crippen molar-refractivity contribution in [3.63, 3.8) is 0 Å². The van der Waals surface area contributed by atoms with E-state index < -0.39 is 11.9 Å². The van der Waals surface area contributed by atoms with Gasteiger partial charge in [-0.05, 0) is 23.8 Å². The zero-order valence-corrected chi connectivity index (χ0v) is 15.6. The molecule has 0 aromatic heterocycles. The van der Waals surface area contributed by atoms with E-state index >= 15 is 0 Å². The molecular weight excluding hydrogens is 380 g/mol. The topological polar surface area (TPSA) is 41.7 Å². The van der Waals surface area contributed by atoms with E-state index in [4.69, 9.17) is 32.7 Å². The van der Waals surface area contributed by atoms with Gasteiger partial charge in [-0.15, -0.1) is 0 Å². The van der Waals surface area contributed by atoms with Crippen LogP contribution in [0.2, 0.25) is 10.0 Å². The lowest BCUT2D eigenvalue weighted by Crippen LogP contribution is -2.44. The van der Waals surface area contributed by atoms with E-state index in [1.807, 2.05) is 0 Å². The van der Waals surface area contributed by atoms with Crippen molar-refractivity contribution in [3.8, 4) is 5.75 Å². The smallest absolute Gasteiger partial charge is 0.131 e. The summed E-state index contributed by atoms with van der Waals surface area (Å²) >= 11 is 12.0. The highest BCUT2D eigenvalue weighted by molar-refractivity contribution is 6.42. The van der Waals surface area contributed by atoms with Crippen LogP contribution < -0.4 is 4.74 Å². The standard InChI is InChI=1S/C19H18Cl2FNO3/c1-19(8-25-9-19)10-26-12-3-4-13(16(22)7-12)18-17(23(18)24)11-2-5-14(20)15(21)6-11/h2-7,17-18,24H,8-10H2,1H3/t17-,18+,23?/m0/s1. The van der Waals surface area contributed by atoms with E-state index in [9.17, 15) is 9.60 Å². The Morgan fingerprint density at radius 2 is 1.96 bits per heavy atom. The lowest BCUT2D eigenvalue weighted by molar-refractivity contribution is -0.120. The first-order chi connectivity index (χ1) is 12.4. The summed E-state index contributed by atoms with van der Waals surface area (Å²) in [6.07, 6.45) is 0. The molecule has 0 saturated carbocycles. The molecule has 0 spiro atoms. The van der Waals surface area contributed by atoms with Crippen molar-refractivity contribution < 1.29 is 19.1 Å². The van der Waals surface area contributed by atoms with E-state index in [0.29, 0.717) is 41.2 Å². The average molecular weight is 398 g/mol. The van der Waals surface area contributed by atoms with Gasteiger partial charge >= 0.3 is 0 Å². The van der Waals surface area contributed by atoms with Gasteiger partial charge in [-0.25, -0.2) is 4.39 Å². The highest BCUT2D eigenvalue weighted by atomic mass is 35.5. The summed E-state index contributed by atoms with van der Waals surface area (Å²) in [6.45, 7) is 3.85. The van der Waals surface area contributed by atoms with Crippen LogP contribution in [0.4, 0.5) is 4.39 Å². The number of ether oxygens (including phenoxy) is 2. The van der Waals surface area contributed by atoms with Crippen molar-refractivity contribution in [2.75, 3.05) is 19.8 Å². The Balaban J connectivity index is 1.48. The summed E-state index contributed by atoms with van der Waals surface area (Å²) in [7, 11) is 0. The molecule has 0 amide bonds. The van der Waals surface area contributed by atoms with E-state index in [2.05, 4.69) is 6.92 Å². The van der Waals surface area contributed by atoms with E-state index in [0.717, 1.165) is 10.6 Å². The van der Waals surface area contributed by atoms with Crippen LogP contribution in [0.15, 0.2) is 36.4 Å². The van der Waals surface area contributed by atoms with Gasteiger partial charge in [0.15, 0.2) is 0 Å². The molecule has 2 aromatic carbocycles. The minimum atomic E-state index is -0.459. The average Bonchev–Trinajstić information content (AvgIpc) is 3.24. The van der Waals surface area contributed by atoms with Gasteiger partial charge in [0, 0.05) is 17.0 Å². The summed E-state index contributed by atoms with van der Waals surface area (Å²) in [4.78, 5) is 0. The van der Waals surface area contributed by atoms with E-state index in [1.54, 1.807) is 30.3 Å². The quantitative estimate of drug-likeness (QED) is 0.717. The van der Waals surface area contributed by atoms with Crippen molar-refractivity contribution >= 4 is 23.2 Å². The number of nitrogens with zero attached hydrogens (tertiary/aromatic N) is 1. The maximum atomic E-state index is 14.6. The molecule has 0 bridgehead atoms. The molecule has 7 heteroatoms. The third-order valence-electron chi connectivity index (χ3n) is 4.84. The predicted octanol–water partition coefficient (Wildman–Crippen LogP) is 5.04. The fourth-order valence-corrected chi connectivity index (χ4v) is 3.50. The molecule has 3 atom stereocenters. The second-order valence-electron chi connectivity index (χ2n) is 7.22. The molecule has 2 aliphatic rings. The first-order valence-corrected chi connectivity index (χ1v) is 9.06. The van der Waals surface area contributed by atoms with E-state index in [1.165, 1.54) is 6.07 Å². The van der Waals surface area contributed by atoms with Crippen molar-refractivity contribution in [1.82, 2.24) is 5.06 Å². The van der Waals surface area contributed by atoms with Crippen LogP contribution in [0.25, 0.3) is 0 Å². The minimum Gasteiger partial charge on any atom is -0.493 e. The lowest BCUT2D eigenvalue weighted by atomic mass is 9.90. The summed E-state index contributed by atoms with van der Waals surface area (Å²) in [5, 5.41) is 12.1. The largest absolute Gasteiger partial charge is 0.493 e. The van der Waals surface area contributed by atoms with Gasteiger partial charge in [0.1, 0.15) is 11.6 Å². The Bertz CT molecular complexity index is 844. The molecular formula is C19H18Cl2FNO3. The molecule has 2 aliphatic heterocycles. The van der Waals surface area contributed by atoms with Gasteiger partial charge < -0.3 is 14.7 Å². The fraction of sp³-hybridized carbons (Fsp3) is 0.368. The van der Waals surface area contributed by atoms with Gasteiger partial charge in [0.05, 0.1) is 41.9 Å². The highest BCUT2D eigenvalue weighted by Crippen LogP contribution is 2.54. The summed E-state index contributed by atoms with van der Waals surface area (Å²) in [5.74, 6) is 0.0553. The SMILES string of the molecule is CC1(COc2ccc([C@@H]3[C@H](c4ccc(Cl)c(Cl)c4)N3O)c(F)c2)COC1. The van der Waals surface area contributed by atoms with Gasteiger partial charge in [0.25, 0.3) is 0 Å². The molecule has 1 unspecified atom stereocenters. The number of hydrogen-bond acceptors (Lipinski definition) is 4. The minimum absolute atomic E-state index is 0.00746. The van der Waals surface area contributed by atoms with E-state index in [-0.39, 0.29) is 11.5 Å². The zero-order valence-electron chi connectivity index (χ0n) is 14.1. The first kappa shape index (κ1) is 18.0. The molecule has 138 valence electrons. The zero-order chi connectivity index (χ0) is 18.5. The maximum absolute atomic E-state index is 14.6. The second kappa shape index (κ2) is 6.66. The Hall–Kier alpha value is -1.37. The Labute approximate surface area is 161 Å². The molecule has 4 nitrogen and oxygen atoms in total. The Morgan fingerprint density at radius 3 is 2.58 bits per heavy atom. The number of halogens is 3. The summed E-state index contributed by atoms with van der Waals surface area (Å²) in [6, 6.07) is 9.05. The summed E-state index contributed by atoms with van der Waals surface area (Å²) in [5.41, 5.74) is 1.19. The number of hydroxylamine groups is 2. The van der Waals surface area contributed by atoms with Crippen LogP contribution in [0.1, 0.15) is 30.1 Å². The Kier molecular flexibility index (Phi) is 4.61. The van der Waals surface area contributed by atoms with Crippen LogP contribution >= 0.6 is 23.2 Å². The molecule has 26 heavy (non-hydrogen) atoms. The molecule has 0 radical (unpaired) electrons. The van der Waals surface area contributed by atoms with Crippen LogP contribution in [0.5, 0.6) is 5.75 Å². The normalized spacial score (nSPS) is 26.3. The van der Waals surface area contributed by atoms with Crippen molar-refractivity contribution in [2.24, 2.45) is 5.41 Å². The molecule has 2 fully saturated rings. The van der Waals surface area contributed by atoms with Gasteiger partial charge in [-0.1, -0.05) is 42.3 Å².